The summed E-state index contributed by atoms with van der Waals surface area (Å²) in [5, 5.41) is 19.0. The first kappa shape index (κ1) is 13.5. The highest BCUT2D eigenvalue weighted by molar-refractivity contribution is 5.41. The lowest BCUT2D eigenvalue weighted by Crippen LogP contribution is -2.20. The number of hydrogen-bond donors (Lipinski definition) is 2. The lowest BCUT2D eigenvalue weighted by molar-refractivity contribution is 0.392. The van der Waals surface area contributed by atoms with Gasteiger partial charge in [-0.2, -0.15) is 0 Å². The maximum Gasteiger partial charge on any atom is 0.157 e. The fraction of sp³-hybridized carbons (Fsp3) is 0.556. The summed E-state index contributed by atoms with van der Waals surface area (Å²) in [4.78, 5) is 0. The molecule has 0 amide bonds. The van der Waals surface area contributed by atoms with E-state index in [0.29, 0.717) is 5.92 Å². The predicted molar refractivity (Wildman–Crippen MR) is 80.9 cm³/mol. The van der Waals surface area contributed by atoms with Gasteiger partial charge in [0.05, 0.1) is 0 Å². The molecule has 0 heterocycles. The second-order valence-corrected chi connectivity index (χ2v) is 6.59. The van der Waals surface area contributed by atoms with Crippen LogP contribution in [0.2, 0.25) is 0 Å². The van der Waals surface area contributed by atoms with E-state index in [1.165, 1.54) is 38.5 Å². The van der Waals surface area contributed by atoms with E-state index in [4.69, 9.17) is 0 Å². The van der Waals surface area contributed by atoms with E-state index in [1.807, 2.05) is 6.07 Å². The van der Waals surface area contributed by atoms with Gasteiger partial charge in [-0.25, -0.2) is 0 Å². The van der Waals surface area contributed by atoms with E-state index in [-0.39, 0.29) is 11.5 Å². The molecule has 1 aromatic carbocycles. The number of phenols is 2. The molecule has 0 fully saturated rings. The fourth-order valence-corrected chi connectivity index (χ4v) is 3.93. The molecular formula is C18H24O2. The van der Waals surface area contributed by atoms with Gasteiger partial charge in [-0.1, -0.05) is 24.1 Å². The Labute approximate surface area is 121 Å². The van der Waals surface area contributed by atoms with Gasteiger partial charge in [-0.3, -0.25) is 0 Å². The van der Waals surface area contributed by atoms with Crippen molar-refractivity contribution < 1.29 is 10.2 Å². The Morgan fingerprint density at radius 3 is 2.75 bits per heavy atom. The van der Waals surface area contributed by atoms with Gasteiger partial charge in [0.2, 0.25) is 0 Å². The zero-order valence-electron chi connectivity index (χ0n) is 12.2. The van der Waals surface area contributed by atoms with E-state index in [2.05, 4.69) is 6.92 Å². The summed E-state index contributed by atoms with van der Waals surface area (Å²) in [7, 11) is 0. The van der Waals surface area contributed by atoms with Gasteiger partial charge < -0.3 is 10.2 Å². The number of phenolic OH excluding ortho intramolecular Hbond substituents is 2. The molecule has 0 bridgehead atoms. The third kappa shape index (κ3) is 2.70. The average Bonchev–Trinajstić information content (AvgIpc) is 2.43. The Hall–Kier alpha value is -1.44. The van der Waals surface area contributed by atoms with Gasteiger partial charge in [0.15, 0.2) is 11.5 Å². The van der Waals surface area contributed by atoms with E-state index >= 15 is 0 Å². The van der Waals surface area contributed by atoms with Gasteiger partial charge in [0.25, 0.3) is 0 Å². The highest BCUT2D eigenvalue weighted by Gasteiger charge is 2.27. The molecule has 0 radical (unpaired) electrons. The van der Waals surface area contributed by atoms with Crippen LogP contribution in [0.4, 0.5) is 0 Å². The quantitative estimate of drug-likeness (QED) is 0.612. The minimum absolute atomic E-state index is 0.00442. The summed E-state index contributed by atoms with van der Waals surface area (Å²) in [6.07, 6.45) is 8.78. The summed E-state index contributed by atoms with van der Waals surface area (Å²) in [5.74, 6) is 1.48. The standard InChI is InChI=1S/C18H24O2/c1-12-5-7-16-14(9-12)3-2-4-15(16)10-13-6-8-17(19)18(20)11-13/h6,8,11-12,15,19-20H,2-5,7,9-10H2,1H3. The van der Waals surface area contributed by atoms with Crippen molar-refractivity contribution in [3.05, 3.63) is 34.9 Å². The number of hydrogen-bond acceptors (Lipinski definition) is 2. The normalized spacial score (nSPS) is 26.4. The van der Waals surface area contributed by atoms with Crippen molar-refractivity contribution in [1.82, 2.24) is 0 Å². The molecule has 2 heteroatoms. The first-order valence-electron chi connectivity index (χ1n) is 7.85. The number of rotatable bonds is 2. The van der Waals surface area contributed by atoms with Crippen molar-refractivity contribution in [2.75, 3.05) is 0 Å². The van der Waals surface area contributed by atoms with Crippen LogP contribution in [0.25, 0.3) is 0 Å². The van der Waals surface area contributed by atoms with E-state index < -0.39 is 0 Å². The molecule has 2 atom stereocenters. The number of benzene rings is 1. The molecule has 0 spiro atoms. The minimum Gasteiger partial charge on any atom is -0.504 e. The van der Waals surface area contributed by atoms with Crippen molar-refractivity contribution in [3.63, 3.8) is 0 Å². The van der Waals surface area contributed by atoms with Crippen LogP contribution in [-0.4, -0.2) is 10.2 Å². The van der Waals surface area contributed by atoms with Crippen molar-refractivity contribution in [3.8, 4) is 11.5 Å². The topological polar surface area (TPSA) is 40.5 Å². The molecule has 3 rings (SSSR count). The Morgan fingerprint density at radius 2 is 1.95 bits per heavy atom. The van der Waals surface area contributed by atoms with Crippen molar-refractivity contribution in [2.45, 2.75) is 51.9 Å². The summed E-state index contributed by atoms with van der Waals surface area (Å²) >= 11 is 0. The molecule has 2 unspecified atom stereocenters. The number of aromatic hydroxyl groups is 2. The Bertz CT molecular complexity index is 530. The maximum absolute atomic E-state index is 9.63. The predicted octanol–water partition coefficient (Wildman–Crippen LogP) is 4.56. The van der Waals surface area contributed by atoms with Gasteiger partial charge >= 0.3 is 0 Å². The first-order chi connectivity index (χ1) is 9.63. The fourth-order valence-electron chi connectivity index (χ4n) is 3.93. The van der Waals surface area contributed by atoms with E-state index in [0.717, 1.165) is 17.9 Å². The van der Waals surface area contributed by atoms with Crippen LogP contribution >= 0.6 is 0 Å². The van der Waals surface area contributed by atoms with Crippen LogP contribution in [-0.2, 0) is 6.42 Å². The second kappa shape index (κ2) is 5.51. The van der Waals surface area contributed by atoms with Crippen LogP contribution in [0, 0.1) is 11.8 Å². The van der Waals surface area contributed by atoms with Crippen molar-refractivity contribution in [2.24, 2.45) is 11.8 Å². The molecule has 2 aliphatic carbocycles. The summed E-state index contributed by atoms with van der Waals surface area (Å²) in [6.45, 7) is 2.37. The molecule has 108 valence electrons. The van der Waals surface area contributed by atoms with Crippen LogP contribution in [0.1, 0.15) is 51.0 Å². The highest BCUT2D eigenvalue weighted by atomic mass is 16.3. The van der Waals surface area contributed by atoms with Gasteiger partial charge in [0, 0.05) is 0 Å². The van der Waals surface area contributed by atoms with Crippen LogP contribution in [0.3, 0.4) is 0 Å². The summed E-state index contributed by atoms with van der Waals surface area (Å²) in [5.41, 5.74) is 4.57. The molecule has 20 heavy (non-hydrogen) atoms. The molecule has 2 aliphatic rings. The van der Waals surface area contributed by atoms with Crippen molar-refractivity contribution >= 4 is 0 Å². The summed E-state index contributed by atoms with van der Waals surface area (Å²) < 4.78 is 0. The van der Waals surface area contributed by atoms with E-state index in [9.17, 15) is 10.2 Å². The lowest BCUT2D eigenvalue weighted by atomic mass is 9.71. The average molecular weight is 272 g/mol. The zero-order chi connectivity index (χ0) is 14.1. The molecule has 1 aromatic rings. The molecule has 0 saturated carbocycles. The molecular weight excluding hydrogens is 248 g/mol. The smallest absolute Gasteiger partial charge is 0.157 e. The van der Waals surface area contributed by atoms with Crippen LogP contribution < -0.4 is 0 Å². The molecule has 0 aliphatic heterocycles. The largest absolute Gasteiger partial charge is 0.504 e. The van der Waals surface area contributed by atoms with Crippen molar-refractivity contribution in [1.29, 1.82) is 0 Å². The first-order valence-corrected chi connectivity index (χ1v) is 7.85. The molecule has 0 saturated heterocycles. The lowest BCUT2D eigenvalue weighted by Gasteiger charge is -2.34. The Kier molecular flexibility index (Phi) is 3.73. The van der Waals surface area contributed by atoms with Gasteiger partial charge in [0.1, 0.15) is 0 Å². The molecule has 2 nitrogen and oxygen atoms in total. The Balaban J connectivity index is 1.79. The monoisotopic (exact) mass is 272 g/mol. The van der Waals surface area contributed by atoms with Crippen LogP contribution in [0.15, 0.2) is 29.3 Å². The minimum atomic E-state index is -0.0243. The highest BCUT2D eigenvalue weighted by Crippen LogP contribution is 2.42. The third-order valence-corrected chi connectivity index (χ3v) is 5.00. The SMILES string of the molecule is CC1CCC2=C(CCCC2Cc2ccc(O)c(O)c2)C1. The number of allylic oxidation sites excluding steroid dienone is 2. The van der Waals surface area contributed by atoms with E-state index in [1.54, 1.807) is 23.3 Å². The maximum atomic E-state index is 9.63. The van der Waals surface area contributed by atoms with Gasteiger partial charge in [-0.05, 0) is 74.5 Å². The second-order valence-electron chi connectivity index (χ2n) is 6.59. The Morgan fingerprint density at radius 1 is 1.10 bits per heavy atom. The summed E-state index contributed by atoms with van der Waals surface area (Å²) in [6, 6.07) is 5.26. The van der Waals surface area contributed by atoms with Crippen LogP contribution in [0.5, 0.6) is 11.5 Å². The van der Waals surface area contributed by atoms with Gasteiger partial charge in [-0.15, -0.1) is 0 Å². The molecule has 2 N–H and O–H groups in total. The molecule has 0 aromatic heterocycles. The third-order valence-electron chi connectivity index (χ3n) is 5.00. The zero-order valence-corrected chi connectivity index (χ0v) is 12.2.